The zero-order valence-corrected chi connectivity index (χ0v) is 15.4. The summed E-state index contributed by atoms with van der Waals surface area (Å²) in [6.45, 7) is 4.51. The molecule has 0 spiro atoms. The lowest BCUT2D eigenvalue weighted by Crippen LogP contribution is -2.31. The van der Waals surface area contributed by atoms with Crippen LogP contribution in [0.3, 0.4) is 0 Å². The van der Waals surface area contributed by atoms with Crippen LogP contribution in [0.1, 0.15) is 71.6 Å². The van der Waals surface area contributed by atoms with E-state index in [1.807, 2.05) is 0 Å². The smallest absolute Gasteiger partial charge is 0.0689 e. The molecular weight excluding hydrogens is 294 g/mol. The number of nitriles is 1. The Morgan fingerprint density at radius 2 is 1.76 bits per heavy atom. The van der Waals surface area contributed by atoms with Crippen molar-refractivity contribution in [3.8, 4) is 6.07 Å². The Balaban J connectivity index is 1.75. The maximum Gasteiger partial charge on any atom is 0.0689 e. The molecule has 2 aliphatic rings. The molecule has 1 saturated heterocycles. The minimum absolute atomic E-state index is 0.0267. The molecule has 21 heavy (non-hydrogen) atoms. The zero-order valence-electron chi connectivity index (χ0n) is 13.8. The SMILES string of the molecule is CCCCC1CSC(C2CCC(C#N)(CCC)CC2)SC1. The van der Waals surface area contributed by atoms with Gasteiger partial charge in [-0.3, -0.25) is 0 Å². The van der Waals surface area contributed by atoms with Gasteiger partial charge in [0.25, 0.3) is 0 Å². The van der Waals surface area contributed by atoms with Crippen LogP contribution in [-0.2, 0) is 0 Å². The molecule has 3 heteroatoms. The molecular formula is C18H31NS2. The Hall–Kier alpha value is 0.190. The summed E-state index contributed by atoms with van der Waals surface area (Å²) in [7, 11) is 0. The topological polar surface area (TPSA) is 23.8 Å². The second-order valence-electron chi connectivity index (χ2n) is 7.02. The predicted molar refractivity (Wildman–Crippen MR) is 96.6 cm³/mol. The molecule has 1 aliphatic carbocycles. The molecule has 0 aromatic heterocycles. The second kappa shape index (κ2) is 8.73. The summed E-state index contributed by atoms with van der Waals surface area (Å²) in [5.41, 5.74) is 0.0267. The van der Waals surface area contributed by atoms with E-state index in [-0.39, 0.29) is 5.41 Å². The van der Waals surface area contributed by atoms with Crippen LogP contribution in [0.2, 0.25) is 0 Å². The van der Waals surface area contributed by atoms with E-state index in [4.69, 9.17) is 0 Å². The molecule has 0 aromatic rings. The molecule has 0 aromatic carbocycles. The molecule has 2 rings (SSSR count). The molecule has 120 valence electrons. The summed E-state index contributed by atoms with van der Waals surface area (Å²) in [5, 5.41) is 9.53. The van der Waals surface area contributed by atoms with Crippen LogP contribution >= 0.6 is 23.5 Å². The van der Waals surface area contributed by atoms with Gasteiger partial charge in [-0.1, -0.05) is 33.1 Å². The van der Waals surface area contributed by atoms with Crippen LogP contribution in [0.4, 0.5) is 0 Å². The van der Waals surface area contributed by atoms with Crippen LogP contribution in [0.5, 0.6) is 0 Å². The fourth-order valence-electron chi connectivity index (χ4n) is 3.85. The molecule has 0 amide bonds. The van der Waals surface area contributed by atoms with E-state index < -0.39 is 0 Å². The highest BCUT2D eigenvalue weighted by Gasteiger charge is 2.38. The van der Waals surface area contributed by atoms with Gasteiger partial charge in [0.2, 0.25) is 0 Å². The van der Waals surface area contributed by atoms with Gasteiger partial charge < -0.3 is 0 Å². The molecule has 0 N–H and O–H groups in total. The van der Waals surface area contributed by atoms with E-state index in [2.05, 4.69) is 43.4 Å². The van der Waals surface area contributed by atoms with Crippen LogP contribution < -0.4 is 0 Å². The summed E-state index contributed by atoms with van der Waals surface area (Å²) >= 11 is 4.46. The minimum atomic E-state index is 0.0267. The van der Waals surface area contributed by atoms with E-state index >= 15 is 0 Å². The summed E-state index contributed by atoms with van der Waals surface area (Å²) in [6, 6.07) is 2.66. The van der Waals surface area contributed by atoms with E-state index in [0.29, 0.717) is 0 Å². The number of hydrogen-bond donors (Lipinski definition) is 0. The van der Waals surface area contributed by atoms with Gasteiger partial charge in [-0.25, -0.2) is 0 Å². The van der Waals surface area contributed by atoms with Crippen molar-refractivity contribution in [3.05, 3.63) is 0 Å². The van der Waals surface area contributed by atoms with E-state index in [0.717, 1.165) is 42.1 Å². The van der Waals surface area contributed by atoms with Crippen LogP contribution in [-0.4, -0.2) is 16.1 Å². The minimum Gasteiger partial charge on any atom is -0.198 e. The maximum atomic E-state index is 9.53. The highest BCUT2D eigenvalue weighted by molar-refractivity contribution is 8.17. The Bertz CT molecular complexity index is 334. The average molecular weight is 326 g/mol. The van der Waals surface area contributed by atoms with Crippen molar-refractivity contribution in [2.24, 2.45) is 17.3 Å². The van der Waals surface area contributed by atoms with Crippen LogP contribution in [0, 0.1) is 28.6 Å². The van der Waals surface area contributed by atoms with Gasteiger partial charge in [-0.05, 0) is 61.9 Å². The lowest BCUT2D eigenvalue weighted by atomic mass is 9.69. The predicted octanol–water partition coefficient (Wildman–Crippen LogP) is 6.10. The van der Waals surface area contributed by atoms with Crippen LogP contribution in [0.25, 0.3) is 0 Å². The Labute approximate surface area is 140 Å². The number of rotatable bonds is 6. The second-order valence-corrected chi connectivity index (χ2v) is 9.67. The van der Waals surface area contributed by atoms with E-state index in [9.17, 15) is 5.26 Å². The van der Waals surface area contributed by atoms with E-state index in [1.54, 1.807) is 0 Å². The summed E-state index contributed by atoms with van der Waals surface area (Å²) in [6.07, 6.45) is 11.3. The average Bonchev–Trinajstić information content (AvgIpc) is 2.54. The Morgan fingerprint density at radius 1 is 1.10 bits per heavy atom. The number of hydrogen-bond acceptors (Lipinski definition) is 3. The quantitative estimate of drug-likeness (QED) is 0.589. The fourth-order valence-corrected chi connectivity index (χ4v) is 7.44. The maximum absolute atomic E-state index is 9.53. The van der Waals surface area contributed by atoms with Gasteiger partial charge in [0.1, 0.15) is 0 Å². The van der Waals surface area contributed by atoms with Gasteiger partial charge in [-0.15, -0.1) is 23.5 Å². The standard InChI is InChI=1S/C18H31NS2/c1-3-5-6-15-12-20-17(21-13-15)16-7-10-18(14-19,9-4-2)11-8-16/h15-17H,3-13H2,1-2H3. The third-order valence-corrected chi connectivity index (χ3v) is 8.87. The first-order chi connectivity index (χ1) is 10.2. The summed E-state index contributed by atoms with van der Waals surface area (Å²) in [5.74, 6) is 4.59. The number of unbranched alkanes of at least 4 members (excludes halogenated alkanes) is 1. The highest BCUT2D eigenvalue weighted by Crippen LogP contribution is 2.49. The van der Waals surface area contributed by atoms with Crippen molar-refractivity contribution >= 4 is 23.5 Å². The monoisotopic (exact) mass is 325 g/mol. The van der Waals surface area contributed by atoms with Crippen molar-refractivity contribution in [2.45, 2.75) is 76.2 Å². The summed E-state index contributed by atoms with van der Waals surface area (Å²) < 4.78 is 0.821. The van der Waals surface area contributed by atoms with Gasteiger partial charge >= 0.3 is 0 Å². The molecule has 0 unspecified atom stereocenters. The third-order valence-electron chi connectivity index (χ3n) is 5.30. The number of nitrogens with zero attached hydrogens (tertiary/aromatic N) is 1. The van der Waals surface area contributed by atoms with Gasteiger partial charge in [-0.2, -0.15) is 5.26 Å². The summed E-state index contributed by atoms with van der Waals surface area (Å²) in [4.78, 5) is 0. The van der Waals surface area contributed by atoms with Crippen molar-refractivity contribution in [3.63, 3.8) is 0 Å². The van der Waals surface area contributed by atoms with E-state index in [1.165, 1.54) is 43.6 Å². The third kappa shape index (κ3) is 4.83. The molecule has 0 bridgehead atoms. The lowest BCUT2D eigenvalue weighted by Gasteiger charge is -2.40. The molecule has 1 saturated carbocycles. The van der Waals surface area contributed by atoms with Crippen molar-refractivity contribution in [1.82, 2.24) is 0 Å². The molecule has 0 atom stereocenters. The molecule has 1 nitrogen and oxygen atoms in total. The lowest BCUT2D eigenvalue weighted by molar-refractivity contribution is 0.203. The largest absolute Gasteiger partial charge is 0.198 e. The van der Waals surface area contributed by atoms with Gasteiger partial charge in [0.05, 0.1) is 16.1 Å². The van der Waals surface area contributed by atoms with Crippen molar-refractivity contribution < 1.29 is 0 Å². The first kappa shape index (κ1) is 17.5. The number of thioether (sulfide) groups is 2. The first-order valence-corrected chi connectivity index (χ1v) is 11.0. The first-order valence-electron chi connectivity index (χ1n) is 8.87. The van der Waals surface area contributed by atoms with Crippen molar-refractivity contribution in [1.29, 1.82) is 5.26 Å². The molecule has 1 aliphatic heterocycles. The Kier molecular flexibility index (Phi) is 7.29. The molecule has 1 heterocycles. The Morgan fingerprint density at radius 3 is 2.29 bits per heavy atom. The van der Waals surface area contributed by atoms with Crippen molar-refractivity contribution in [2.75, 3.05) is 11.5 Å². The highest BCUT2D eigenvalue weighted by atomic mass is 32.2. The fraction of sp³-hybridized carbons (Fsp3) is 0.944. The van der Waals surface area contributed by atoms with Crippen LogP contribution in [0.15, 0.2) is 0 Å². The molecule has 2 fully saturated rings. The van der Waals surface area contributed by atoms with Gasteiger partial charge in [0.15, 0.2) is 0 Å². The zero-order chi connectivity index (χ0) is 15.1. The van der Waals surface area contributed by atoms with Gasteiger partial charge in [0, 0.05) is 0 Å². The molecule has 0 radical (unpaired) electrons. The normalized spacial score (nSPS) is 37.1.